The van der Waals surface area contributed by atoms with Crippen molar-refractivity contribution in [3.8, 4) is 11.5 Å². The molecule has 0 radical (unpaired) electrons. The number of halogens is 3. The van der Waals surface area contributed by atoms with Gasteiger partial charge >= 0.3 is 0 Å². The molecule has 7 heteroatoms. The second kappa shape index (κ2) is 12.1. The van der Waals surface area contributed by atoms with E-state index >= 15 is 0 Å². The molecule has 0 unspecified atom stereocenters. The first-order chi connectivity index (χ1) is 16.5. The van der Waals surface area contributed by atoms with Crippen molar-refractivity contribution < 1.29 is 9.47 Å². The Morgan fingerprint density at radius 1 is 0.941 bits per heavy atom. The first-order valence-electron chi connectivity index (χ1n) is 11.6. The molecular formula is C27H29BrCl2N2O2. The molecule has 4 rings (SSSR count). The summed E-state index contributed by atoms with van der Waals surface area (Å²) in [6.45, 7) is 5.69. The van der Waals surface area contributed by atoms with Crippen molar-refractivity contribution in [2.45, 2.75) is 39.3 Å². The highest BCUT2D eigenvalue weighted by Gasteiger charge is 2.15. The Morgan fingerprint density at radius 3 is 2.47 bits per heavy atom. The minimum Gasteiger partial charge on any atom is -0.490 e. The molecule has 3 aromatic rings. The summed E-state index contributed by atoms with van der Waals surface area (Å²) < 4.78 is 12.9. The van der Waals surface area contributed by atoms with Gasteiger partial charge in [0.2, 0.25) is 0 Å². The fourth-order valence-corrected chi connectivity index (χ4v) is 5.06. The summed E-state index contributed by atoms with van der Waals surface area (Å²) in [5.41, 5.74) is 4.17. The number of benzene rings is 3. The molecule has 0 aliphatic carbocycles. The van der Waals surface area contributed by atoms with Gasteiger partial charge < -0.3 is 19.7 Å². The average Bonchev–Trinajstić information content (AvgIpc) is 2.84. The lowest BCUT2D eigenvalue weighted by Crippen LogP contribution is -2.29. The summed E-state index contributed by atoms with van der Waals surface area (Å²) in [6.07, 6.45) is 3.76. The van der Waals surface area contributed by atoms with E-state index in [0.717, 1.165) is 45.1 Å². The van der Waals surface area contributed by atoms with Crippen LogP contribution in [0.15, 0.2) is 59.1 Å². The van der Waals surface area contributed by atoms with Crippen molar-refractivity contribution in [1.29, 1.82) is 0 Å². The van der Waals surface area contributed by atoms with Gasteiger partial charge in [-0.2, -0.15) is 0 Å². The van der Waals surface area contributed by atoms with Gasteiger partial charge in [-0.05, 0) is 79.8 Å². The number of nitrogens with zero attached hydrogens (tertiary/aromatic N) is 1. The molecule has 180 valence electrons. The van der Waals surface area contributed by atoms with Gasteiger partial charge in [0.1, 0.15) is 6.61 Å². The maximum absolute atomic E-state index is 6.62. The Bertz CT molecular complexity index is 1120. The van der Waals surface area contributed by atoms with Crippen molar-refractivity contribution in [2.75, 3.05) is 29.9 Å². The third-order valence-electron chi connectivity index (χ3n) is 5.82. The molecule has 1 fully saturated rings. The lowest BCUT2D eigenvalue weighted by Gasteiger charge is -2.29. The van der Waals surface area contributed by atoms with Crippen LogP contribution in [0.3, 0.4) is 0 Å². The summed E-state index contributed by atoms with van der Waals surface area (Å²) in [6, 6.07) is 17.8. The molecule has 1 saturated heterocycles. The van der Waals surface area contributed by atoms with Crippen LogP contribution < -0.4 is 19.7 Å². The molecule has 34 heavy (non-hydrogen) atoms. The van der Waals surface area contributed by atoms with Crippen molar-refractivity contribution in [2.24, 2.45) is 0 Å². The van der Waals surface area contributed by atoms with Gasteiger partial charge in [-0.3, -0.25) is 0 Å². The zero-order valence-corrected chi connectivity index (χ0v) is 22.3. The number of nitrogens with one attached hydrogen (secondary N) is 1. The molecule has 0 atom stereocenters. The Kier molecular flexibility index (Phi) is 8.87. The predicted molar refractivity (Wildman–Crippen MR) is 146 cm³/mol. The number of hydrogen-bond donors (Lipinski definition) is 1. The molecule has 0 spiro atoms. The second-order valence-corrected chi connectivity index (χ2v) is 10.0. The van der Waals surface area contributed by atoms with Gasteiger partial charge in [0.15, 0.2) is 11.5 Å². The van der Waals surface area contributed by atoms with Gasteiger partial charge in [0.25, 0.3) is 0 Å². The molecule has 0 bridgehead atoms. The topological polar surface area (TPSA) is 33.7 Å². The van der Waals surface area contributed by atoms with Crippen molar-refractivity contribution in [3.63, 3.8) is 0 Å². The number of ether oxygens (including phenoxy) is 2. The zero-order chi connectivity index (χ0) is 23.9. The number of anilines is 2. The van der Waals surface area contributed by atoms with E-state index in [-0.39, 0.29) is 0 Å². The fraction of sp³-hybridized carbons (Fsp3) is 0.333. The van der Waals surface area contributed by atoms with Crippen LogP contribution in [0, 0.1) is 0 Å². The van der Waals surface area contributed by atoms with E-state index in [9.17, 15) is 0 Å². The quantitative estimate of drug-likeness (QED) is 0.283. The van der Waals surface area contributed by atoms with Gasteiger partial charge in [0.05, 0.1) is 17.3 Å². The highest BCUT2D eigenvalue weighted by atomic mass is 79.9. The van der Waals surface area contributed by atoms with Gasteiger partial charge in [-0.25, -0.2) is 0 Å². The van der Waals surface area contributed by atoms with Crippen molar-refractivity contribution in [1.82, 2.24) is 0 Å². The normalized spacial score (nSPS) is 13.6. The fourth-order valence-electron chi connectivity index (χ4n) is 4.09. The molecule has 1 N–H and O–H groups in total. The average molecular weight is 564 g/mol. The third-order valence-corrected chi connectivity index (χ3v) is 7.10. The van der Waals surface area contributed by atoms with Gasteiger partial charge in [-0.1, -0.05) is 51.3 Å². The van der Waals surface area contributed by atoms with E-state index in [0.29, 0.717) is 36.3 Å². The smallest absolute Gasteiger partial charge is 0.162 e. The van der Waals surface area contributed by atoms with Crippen LogP contribution in [0.2, 0.25) is 10.0 Å². The lowest BCUT2D eigenvalue weighted by molar-refractivity contribution is 0.269. The highest BCUT2D eigenvalue weighted by molar-refractivity contribution is 9.10. The van der Waals surface area contributed by atoms with E-state index in [4.69, 9.17) is 32.7 Å². The van der Waals surface area contributed by atoms with Crippen LogP contribution >= 0.6 is 39.1 Å². The standard InChI is InChI=1S/C27H29BrCl2N2O2/c1-2-33-26-14-20(23(28)16-27(26)34-18-19-7-6-8-21(29)13-19)17-31-22-9-10-25(24(30)15-22)32-11-4-3-5-12-32/h6-10,13-16,31H,2-5,11-12,17-18H2,1H3. The van der Waals surface area contributed by atoms with Crippen LogP contribution in [-0.4, -0.2) is 19.7 Å². The Balaban J connectivity index is 1.44. The molecule has 3 aromatic carbocycles. The van der Waals surface area contributed by atoms with Crippen LogP contribution in [0.25, 0.3) is 0 Å². The molecule has 0 amide bonds. The van der Waals surface area contributed by atoms with Crippen LogP contribution in [0.5, 0.6) is 11.5 Å². The number of hydrogen-bond acceptors (Lipinski definition) is 4. The Hall–Kier alpha value is -2.08. The predicted octanol–water partition coefficient (Wildman–Crippen LogP) is 8.34. The third kappa shape index (κ3) is 6.53. The molecular weight excluding hydrogens is 535 g/mol. The van der Waals surface area contributed by atoms with E-state index < -0.39 is 0 Å². The maximum atomic E-state index is 6.62. The van der Waals surface area contributed by atoms with Crippen LogP contribution in [0.1, 0.15) is 37.3 Å². The van der Waals surface area contributed by atoms with Gasteiger partial charge in [-0.15, -0.1) is 0 Å². The van der Waals surface area contributed by atoms with E-state index in [1.165, 1.54) is 19.3 Å². The van der Waals surface area contributed by atoms with Crippen molar-refractivity contribution in [3.05, 3.63) is 80.2 Å². The second-order valence-electron chi connectivity index (χ2n) is 8.31. The molecule has 0 saturated carbocycles. The monoisotopic (exact) mass is 562 g/mol. The van der Waals surface area contributed by atoms with Crippen LogP contribution in [-0.2, 0) is 13.2 Å². The minimum absolute atomic E-state index is 0.409. The molecule has 1 aliphatic rings. The first-order valence-corrected chi connectivity index (χ1v) is 13.2. The Morgan fingerprint density at radius 2 is 1.74 bits per heavy atom. The Labute approximate surface area is 220 Å². The van der Waals surface area contributed by atoms with Crippen LogP contribution in [0.4, 0.5) is 11.4 Å². The summed E-state index contributed by atoms with van der Waals surface area (Å²) in [4.78, 5) is 2.38. The maximum Gasteiger partial charge on any atom is 0.162 e. The highest BCUT2D eigenvalue weighted by Crippen LogP contribution is 2.36. The van der Waals surface area contributed by atoms with E-state index in [1.807, 2.05) is 49.4 Å². The molecule has 4 nitrogen and oxygen atoms in total. The lowest BCUT2D eigenvalue weighted by atomic mass is 10.1. The largest absolute Gasteiger partial charge is 0.490 e. The first kappa shape index (κ1) is 25.0. The summed E-state index contributed by atoms with van der Waals surface area (Å²) in [5.74, 6) is 1.40. The molecule has 0 aromatic heterocycles. The summed E-state index contributed by atoms with van der Waals surface area (Å²) in [7, 11) is 0. The van der Waals surface area contributed by atoms with Crippen molar-refractivity contribution >= 4 is 50.5 Å². The zero-order valence-electron chi connectivity index (χ0n) is 19.3. The summed E-state index contributed by atoms with van der Waals surface area (Å²) in [5, 5.41) is 4.96. The van der Waals surface area contributed by atoms with E-state index in [1.54, 1.807) is 0 Å². The summed E-state index contributed by atoms with van der Waals surface area (Å²) >= 11 is 16.4. The molecule has 1 aliphatic heterocycles. The number of rotatable bonds is 9. The van der Waals surface area contributed by atoms with E-state index in [2.05, 4.69) is 38.3 Å². The minimum atomic E-state index is 0.409. The SMILES string of the molecule is CCOc1cc(CNc2ccc(N3CCCCC3)c(Cl)c2)c(Br)cc1OCc1cccc(Cl)c1. The van der Waals surface area contributed by atoms with Gasteiger partial charge in [0, 0.05) is 34.8 Å². The molecule has 1 heterocycles. The number of piperidine rings is 1.